The standard InChI is InChI=1S/C13H13Br2ClN4S/c14-9-2-3-12(11(16)6-9)19-13(21)17-4-1-5-20-8-10(15)7-18-20/h2-3,6-8H,1,4-5H2,(H2,17,19,21). The zero-order chi connectivity index (χ0) is 15.2. The van der Waals surface area contributed by atoms with Crippen molar-refractivity contribution in [1.29, 1.82) is 0 Å². The van der Waals surface area contributed by atoms with Crippen molar-refractivity contribution >= 4 is 66.5 Å². The number of anilines is 1. The Labute approximate surface area is 150 Å². The molecule has 8 heteroatoms. The summed E-state index contributed by atoms with van der Waals surface area (Å²) in [6, 6.07) is 5.61. The summed E-state index contributed by atoms with van der Waals surface area (Å²) in [5, 5.41) is 11.6. The van der Waals surface area contributed by atoms with E-state index in [0.29, 0.717) is 10.1 Å². The van der Waals surface area contributed by atoms with Gasteiger partial charge in [0.15, 0.2) is 5.11 Å². The molecule has 0 aliphatic carbocycles. The number of aryl methyl sites for hydroxylation is 1. The summed E-state index contributed by atoms with van der Waals surface area (Å²) < 4.78 is 3.80. The average Bonchev–Trinajstić information content (AvgIpc) is 2.84. The van der Waals surface area contributed by atoms with Gasteiger partial charge in [0, 0.05) is 23.8 Å². The Morgan fingerprint density at radius 1 is 1.33 bits per heavy atom. The summed E-state index contributed by atoms with van der Waals surface area (Å²) in [5.41, 5.74) is 0.786. The van der Waals surface area contributed by atoms with E-state index in [-0.39, 0.29) is 0 Å². The normalized spacial score (nSPS) is 10.4. The molecular weight excluding hydrogens is 439 g/mol. The number of thiocarbonyl (C=S) groups is 1. The maximum absolute atomic E-state index is 6.12. The maximum Gasteiger partial charge on any atom is 0.170 e. The fraction of sp³-hybridized carbons (Fsp3) is 0.231. The van der Waals surface area contributed by atoms with Gasteiger partial charge in [-0.25, -0.2) is 0 Å². The largest absolute Gasteiger partial charge is 0.362 e. The number of nitrogens with one attached hydrogen (secondary N) is 2. The zero-order valence-electron chi connectivity index (χ0n) is 10.9. The minimum Gasteiger partial charge on any atom is -0.362 e. The number of halogens is 3. The van der Waals surface area contributed by atoms with Crippen molar-refractivity contribution in [2.24, 2.45) is 0 Å². The predicted octanol–water partition coefficient (Wildman–Crippen LogP) is 4.44. The van der Waals surface area contributed by atoms with E-state index in [1.54, 1.807) is 6.20 Å². The van der Waals surface area contributed by atoms with E-state index in [2.05, 4.69) is 47.6 Å². The Morgan fingerprint density at radius 2 is 2.14 bits per heavy atom. The van der Waals surface area contributed by atoms with Gasteiger partial charge in [0.1, 0.15) is 0 Å². The fourth-order valence-electron chi connectivity index (χ4n) is 1.66. The van der Waals surface area contributed by atoms with E-state index in [1.165, 1.54) is 0 Å². The van der Waals surface area contributed by atoms with E-state index in [1.807, 2.05) is 29.1 Å². The molecule has 112 valence electrons. The molecule has 0 amide bonds. The molecule has 0 atom stereocenters. The van der Waals surface area contributed by atoms with Crippen molar-refractivity contribution in [3.05, 3.63) is 44.6 Å². The van der Waals surface area contributed by atoms with Crippen LogP contribution in [0, 0.1) is 0 Å². The minimum absolute atomic E-state index is 0.556. The fourth-order valence-corrected chi connectivity index (χ4v) is 2.92. The zero-order valence-corrected chi connectivity index (χ0v) is 15.7. The summed E-state index contributed by atoms with van der Waals surface area (Å²) in [6.45, 7) is 1.59. The number of hydrogen-bond donors (Lipinski definition) is 2. The van der Waals surface area contributed by atoms with Gasteiger partial charge in [-0.15, -0.1) is 0 Å². The summed E-state index contributed by atoms with van der Waals surface area (Å²) in [4.78, 5) is 0. The molecule has 1 heterocycles. The van der Waals surface area contributed by atoms with Crippen molar-refractivity contribution in [3.63, 3.8) is 0 Å². The predicted molar refractivity (Wildman–Crippen MR) is 97.9 cm³/mol. The second-order valence-corrected chi connectivity index (χ2v) is 6.93. The van der Waals surface area contributed by atoms with Crippen molar-refractivity contribution in [3.8, 4) is 0 Å². The van der Waals surface area contributed by atoms with E-state index in [0.717, 1.165) is 34.1 Å². The van der Waals surface area contributed by atoms with Gasteiger partial charge in [-0.05, 0) is 52.8 Å². The first-order valence-electron chi connectivity index (χ1n) is 6.22. The van der Waals surface area contributed by atoms with Crippen molar-refractivity contribution in [2.75, 3.05) is 11.9 Å². The van der Waals surface area contributed by atoms with Crippen LogP contribution in [-0.4, -0.2) is 21.4 Å². The molecule has 2 rings (SSSR count). The lowest BCUT2D eigenvalue weighted by molar-refractivity contribution is 0.573. The minimum atomic E-state index is 0.556. The lowest BCUT2D eigenvalue weighted by atomic mass is 10.3. The third-order valence-corrected chi connectivity index (χ3v) is 4.09. The molecule has 2 aromatic rings. The van der Waals surface area contributed by atoms with Crippen LogP contribution in [-0.2, 0) is 6.54 Å². The van der Waals surface area contributed by atoms with Crippen LogP contribution in [0.15, 0.2) is 39.5 Å². The molecule has 0 spiro atoms. The molecular formula is C13H13Br2ClN4S. The van der Waals surface area contributed by atoms with E-state index in [9.17, 15) is 0 Å². The van der Waals surface area contributed by atoms with E-state index < -0.39 is 0 Å². The monoisotopic (exact) mass is 450 g/mol. The molecule has 0 saturated heterocycles. The number of benzene rings is 1. The van der Waals surface area contributed by atoms with Gasteiger partial charge in [-0.2, -0.15) is 5.10 Å². The summed E-state index contributed by atoms with van der Waals surface area (Å²) >= 11 is 18.1. The summed E-state index contributed by atoms with van der Waals surface area (Å²) in [5.74, 6) is 0. The molecule has 4 nitrogen and oxygen atoms in total. The van der Waals surface area contributed by atoms with Crippen LogP contribution in [0.3, 0.4) is 0 Å². The molecule has 2 N–H and O–H groups in total. The molecule has 1 aromatic heterocycles. The first kappa shape index (κ1) is 16.7. The first-order chi connectivity index (χ1) is 10.0. The quantitative estimate of drug-likeness (QED) is 0.520. The Morgan fingerprint density at radius 3 is 2.81 bits per heavy atom. The lowest BCUT2D eigenvalue weighted by Gasteiger charge is -2.12. The Bertz CT molecular complexity index is 632. The smallest absolute Gasteiger partial charge is 0.170 e. The third kappa shape index (κ3) is 5.58. The van der Waals surface area contributed by atoms with Crippen LogP contribution < -0.4 is 10.6 Å². The number of rotatable bonds is 5. The van der Waals surface area contributed by atoms with Gasteiger partial charge in [-0.3, -0.25) is 4.68 Å². The van der Waals surface area contributed by atoms with Crippen molar-refractivity contribution in [1.82, 2.24) is 15.1 Å². The number of nitrogens with zero attached hydrogens (tertiary/aromatic N) is 2. The summed E-state index contributed by atoms with van der Waals surface area (Å²) in [7, 11) is 0. The van der Waals surface area contributed by atoms with E-state index in [4.69, 9.17) is 23.8 Å². The molecule has 1 aromatic carbocycles. The third-order valence-electron chi connectivity index (χ3n) is 2.63. The Hall–Kier alpha value is -0.630. The molecule has 0 aliphatic rings. The highest BCUT2D eigenvalue weighted by Crippen LogP contribution is 2.25. The van der Waals surface area contributed by atoms with Crippen LogP contribution in [0.4, 0.5) is 5.69 Å². The first-order valence-corrected chi connectivity index (χ1v) is 8.59. The SMILES string of the molecule is S=C(NCCCn1cc(Br)cn1)Nc1ccc(Br)cc1Cl. The molecule has 0 unspecified atom stereocenters. The van der Waals surface area contributed by atoms with Crippen LogP contribution in [0.5, 0.6) is 0 Å². The van der Waals surface area contributed by atoms with E-state index >= 15 is 0 Å². The Kier molecular flexibility index (Phi) is 6.47. The molecule has 0 aliphatic heterocycles. The van der Waals surface area contributed by atoms with Crippen LogP contribution in [0.2, 0.25) is 5.02 Å². The van der Waals surface area contributed by atoms with Crippen molar-refractivity contribution < 1.29 is 0 Å². The lowest BCUT2D eigenvalue weighted by Crippen LogP contribution is -2.29. The Balaban J connectivity index is 1.72. The van der Waals surface area contributed by atoms with Gasteiger partial charge in [0.05, 0.1) is 21.4 Å². The van der Waals surface area contributed by atoms with Crippen LogP contribution >= 0.6 is 55.7 Å². The second-order valence-electron chi connectivity index (χ2n) is 4.28. The maximum atomic E-state index is 6.12. The molecule has 0 saturated carbocycles. The van der Waals surface area contributed by atoms with Gasteiger partial charge in [-0.1, -0.05) is 27.5 Å². The van der Waals surface area contributed by atoms with Gasteiger partial charge < -0.3 is 10.6 Å². The van der Waals surface area contributed by atoms with Crippen LogP contribution in [0.1, 0.15) is 6.42 Å². The molecule has 0 fully saturated rings. The van der Waals surface area contributed by atoms with Crippen molar-refractivity contribution in [2.45, 2.75) is 13.0 Å². The van der Waals surface area contributed by atoms with Gasteiger partial charge >= 0.3 is 0 Å². The number of aromatic nitrogens is 2. The highest BCUT2D eigenvalue weighted by atomic mass is 79.9. The molecule has 21 heavy (non-hydrogen) atoms. The average molecular weight is 453 g/mol. The van der Waals surface area contributed by atoms with Crippen LogP contribution in [0.25, 0.3) is 0 Å². The second kappa shape index (κ2) is 8.12. The van der Waals surface area contributed by atoms with Gasteiger partial charge in [0.2, 0.25) is 0 Å². The highest BCUT2D eigenvalue weighted by Gasteiger charge is 2.03. The molecule has 0 bridgehead atoms. The highest BCUT2D eigenvalue weighted by molar-refractivity contribution is 9.10. The summed E-state index contributed by atoms with van der Waals surface area (Å²) in [6.07, 6.45) is 4.64. The number of hydrogen-bond acceptors (Lipinski definition) is 2. The van der Waals surface area contributed by atoms with Gasteiger partial charge in [0.25, 0.3) is 0 Å². The molecule has 0 radical (unpaired) electrons. The topological polar surface area (TPSA) is 41.9 Å².